The summed E-state index contributed by atoms with van der Waals surface area (Å²) in [4.78, 5) is 10.4. The van der Waals surface area contributed by atoms with Gasteiger partial charge in [0.25, 0.3) is 11.1 Å². The first-order valence-electron chi connectivity index (χ1n) is 5.12. The predicted molar refractivity (Wildman–Crippen MR) is 69.7 cm³/mol. The molecule has 0 fully saturated rings. The summed E-state index contributed by atoms with van der Waals surface area (Å²) in [6.45, 7) is 0. The Kier molecular flexibility index (Phi) is 4.28. The molecule has 0 amide bonds. The number of aliphatic carboxylic acids is 1. The van der Waals surface area contributed by atoms with Crippen molar-refractivity contribution in [2.75, 3.05) is 12.9 Å². The molecule has 0 aliphatic heterocycles. The molecule has 6 nitrogen and oxygen atoms in total. The van der Waals surface area contributed by atoms with E-state index in [0.717, 1.165) is 11.8 Å². The summed E-state index contributed by atoms with van der Waals surface area (Å²) in [6, 6.07) is 5.01. The number of hydrogen-bond donors (Lipinski definition) is 1. The standard InChI is InChI=1S/C11H9ClN2O4S/c1-17-8-3-2-6(12)4-7(8)10-13-14-11(18-10)19-5-9(15)16/h2-4H,5H2,1H3,(H,15,16). The number of carboxylic acid groups (broad SMARTS) is 1. The maximum Gasteiger partial charge on any atom is 0.314 e. The number of aromatic nitrogens is 2. The van der Waals surface area contributed by atoms with Crippen LogP contribution in [0.15, 0.2) is 27.8 Å². The fourth-order valence-corrected chi connectivity index (χ4v) is 2.00. The fourth-order valence-electron chi connectivity index (χ4n) is 1.35. The number of hydrogen-bond acceptors (Lipinski definition) is 6. The number of carbonyl (C=O) groups is 1. The molecule has 0 unspecified atom stereocenters. The van der Waals surface area contributed by atoms with E-state index < -0.39 is 5.97 Å². The Morgan fingerprint density at radius 3 is 3.00 bits per heavy atom. The third kappa shape index (κ3) is 3.39. The molecule has 0 radical (unpaired) electrons. The van der Waals surface area contributed by atoms with Gasteiger partial charge in [0.05, 0.1) is 12.7 Å². The van der Waals surface area contributed by atoms with Gasteiger partial charge in [-0.15, -0.1) is 10.2 Å². The topological polar surface area (TPSA) is 85.5 Å². The molecule has 19 heavy (non-hydrogen) atoms. The Bertz CT molecular complexity index is 602. The number of halogens is 1. The molecule has 0 saturated heterocycles. The van der Waals surface area contributed by atoms with E-state index >= 15 is 0 Å². The Morgan fingerprint density at radius 2 is 2.32 bits per heavy atom. The van der Waals surface area contributed by atoms with Crippen molar-refractivity contribution < 1.29 is 19.1 Å². The van der Waals surface area contributed by atoms with Crippen LogP contribution in [0.1, 0.15) is 0 Å². The molecular formula is C11H9ClN2O4S. The number of rotatable bonds is 5. The second kappa shape index (κ2) is 5.94. The number of carboxylic acids is 1. The minimum Gasteiger partial charge on any atom is -0.496 e. The Hall–Kier alpha value is -1.73. The average molecular weight is 301 g/mol. The van der Waals surface area contributed by atoms with Crippen molar-refractivity contribution in [1.82, 2.24) is 10.2 Å². The van der Waals surface area contributed by atoms with Crippen LogP contribution < -0.4 is 4.74 Å². The van der Waals surface area contributed by atoms with E-state index in [9.17, 15) is 4.79 Å². The molecule has 0 aliphatic rings. The van der Waals surface area contributed by atoms with Gasteiger partial charge in [0.2, 0.25) is 0 Å². The number of ether oxygens (including phenoxy) is 1. The predicted octanol–water partition coefficient (Wildman–Crippen LogP) is 2.58. The van der Waals surface area contributed by atoms with Crippen LogP contribution in [0, 0.1) is 0 Å². The van der Waals surface area contributed by atoms with Crippen molar-refractivity contribution in [3.63, 3.8) is 0 Å². The molecule has 1 aromatic heterocycles. The Morgan fingerprint density at radius 1 is 1.53 bits per heavy atom. The van der Waals surface area contributed by atoms with Gasteiger partial charge in [0, 0.05) is 5.02 Å². The van der Waals surface area contributed by atoms with E-state index in [4.69, 9.17) is 25.9 Å². The van der Waals surface area contributed by atoms with Crippen molar-refractivity contribution in [3.8, 4) is 17.2 Å². The maximum atomic E-state index is 10.4. The first kappa shape index (κ1) is 13.7. The van der Waals surface area contributed by atoms with Gasteiger partial charge in [0.15, 0.2) is 0 Å². The molecule has 0 spiro atoms. The number of nitrogens with zero attached hydrogens (tertiary/aromatic N) is 2. The molecule has 0 saturated carbocycles. The van der Waals surface area contributed by atoms with Crippen LogP contribution in [0.25, 0.3) is 11.5 Å². The molecule has 2 rings (SSSR count). The second-order valence-electron chi connectivity index (χ2n) is 3.40. The Balaban J connectivity index is 2.27. The average Bonchev–Trinajstić information content (AvgIpc) is 2.85. The van der Waals surface area contributed by atoms with Crippen LogP contribution in [0.2, 0.25) is 5.02 Å². The highest BCUT2D eigenvalue weighted by atomic mass is 35.5. The fraction of sp³-hybridized carbons (Fsp3) is 0.182. The highest BCUT2D eigenvalue weighted by Gasteiger charge is 2.15. The van der Waals surface area contributed by atoms with Crippen molar-refractivity contribution in [2.45, 2.75) is 5.22 Å². The summed E-state index contributed by atoms with van der Waals surface area (Å²) in [7, 11) is 1.52. The highest BCUT2D eigenvalue weighted by molar-refractivity contribution is 7.99. The first-order chi connectivity index (χ1) is 9.10. The lowest BCUT2D eigenvalue weighted by molar-refractivity contribution is -0.133. The summed E-state index contributed by atoms with van der Waals surface area (Å²) in [5, 5.41) is 16.9. The first-order valence-corrected chi connectivity index (χ1v) is 6.48. The van der Waals surface area contributed by atoms with Crippen LogP contribution in [0.5, 0.6) is 5.75 Å². The van der Waals surface area contributed by atoms with Crippen LogP contribution in [-0.2, 0) is 4.79 Å². The molecule has 1 N–H and O–H groups in total. The maximum absolute atomic E-state index is 10.4. The molecule has 1 heterocycles. The van der Waals surface area contributed by atoms with Gasteiger partial charge < -0.3 is 14.3 Å². The number of benzene rings is 1. The lowest BCUT2D eigenvalue weighted by Gasteiger charge is -2.04. The minimum absolute atomic E-state index is 0.145. The molecule has 8 heteroatoms. The summed E-state index contributed by atoms with van der Waals surface area (Å²) >= 11 is 6.85. The number of methoxy groups -OCH3 is 1. The Labute approximate surface area is 117 Å². The van der Waals surface area contributed by atoms with Gasteiger partial charge in [0.1, 0.15) is 11.5 Å². The van der Waals surface area contributed by atoms with E-state index in [1.807, 2.05) is 0 Å². The number of thioether (sulfide) groups is 1. The van der Waals surface area contributed by atoms with Gasteiger partial charge in [-0.25, -0.2) is 0 Å². The van der Waals surface area contributed by atoms with Gasteiger partial charge in [-0.2, -0.15) is 0 Å². The van der Waals surface area contributed by atoms with Crippen molar-refractivity contribution in [2.24, 2.45) is 0 Å². The minimum atomic E-state index is -0.954. The normalized spacial score (nSPS) is 10.4. The SMILES string of the molecule is COc1ccc(Cl)cc1-c1nnc(SCC(=O)O)o1. The van der Waals surface area contributed by atoms with Gasteiger partial charge >= 0.3 is 5.97 Å². The molecule has 0 bridgehead atoms. The van der Waals surface area contributed by atoms with E-state index in [1.54, 1.807) is 18.2 Å². The molecule has 0 atom stereocenters. The molecule has 1 aromatic carbocycles. The zero-order valence-corrected chi connectivity index (χ0v) is 11.4. The molecule has 100 valence electrons. The molecule has 2 aromatic rings. The summed E-state index contributed by atoms with van der Waals surface area (Å²) in [5.74, 6) is -0.325. The van der Waals surface area contributed by atoms with Gasteiger partial charge in [-0.05, 0) is 18.2 Å². The lowest BCUT2D eigenvalue weighted by Crippen LogP contribution is -1.97. The van der Waals surface area contributed by atoms with Gasteiger partial charge in [-0.1, -0.05) is 23.4 Å². The summed E-state index contributed by atoms with van der Waals surface area (Å²) < 4.78 is 10.5. The third-order valence-corrected chi connectivity index (χ3v) is 3.16. The van der Waals surface area contributed by atoms with Crippen LogP contribution >= 0.6 is 23.4 Å². The summed E-state index contributed by atoms with van der Waals surface area (Å²) in [5.41, 5.74) is 0.560. The highest BCUT2D eigenvalue weighted by Crippen LogP contribution is 2.32. The molecular weight excluding hydrogens is 292 g/mol. The van der Waals surface area contributed by atoms with E-state index in [0.29, 0.717) is 16.3 Å². The third-order valence-electron chi connectivity index (χ3n) is 2.12. The zero-order valence-electron chi connectivity index (χ0n) is 9.79. The molecule has 0 aliphatic carbocycles. The van der Waals surface area contributed by atoms with E-state index in [1.165, 1.54) is 7.11 Å². The van der Waals surface area contributed by atoms with Crippen molar-refractivity contribution in [3.05, 3.63) is 23.2 Å². The smallest absolute Gasteiger partial charge is 0.314 e. The lowest BCUT2D eigenvalue weighted by atomic mass is 10.2. The van der Waals surface area contributed by atoms with Crippen molar-refractivity contribution >= 4 is 29.3 Å². The zero-order chi connectivity index (χ0) is 13.8. The second-order valence-corrected chi connectivity index (χ2v) is 4.76. The largest absolute Gasteiger partial charge is 0.496 e. The summed E-state index contributed by atoms with van der Waals surface area (Å²) in [6.07, 6.45) is 0. The monoisotopic (exact) mass is 300 g/mol. The van der Waals surface area contributed by atoms with Crippen molar-refractivity contribution in [1.29, 1.82) is 0 Å². The van der Waals surface area contributed by atoms with E-state index in [2.05, 4.69) is 10.2 Å². The quantitative estimate of drug-likeness (QED) is 0.849. The van der Waals surface area contributed by atoms with Gasteiger partial charge in [-0.3, -0.25) is 4.79 Å². The van der Waals surface area contributed by atoms with Crippen LogP contribution in [0.3, 0.4) is 0 Å². The van der Waals surface area contributed by atoms with E-state index in [-0.39, 0.29) is 16.9 Å². The van der Waals surface area contributed by atoms with Crippen LogP contribution in [-0.4, -0.2) is 34.1 Å². The van der Waals surface area contributed by atoms with Crippen LogP contribution in [0.4, 0.5) is 0 Å².